The summed E-state index contributed by atoms with van der Waals surface area (Å²) in [6, 6.07) is 12.6. The molecule has 32 heavy (non-hydrogen) atoms. The van der Waals surface area contributed by atoms with E-state index in [1.165, 1.54) is 22.0 Å². The monoisotopic (exact) mass is 460 g/mol. The first kappa shape index (κ1) is 24.2. The van der Waals surface area contributed by atoms with Gasteiger partial charge in [0.2, 0.25) is 15.9 Å². The average Bonchev–Trinajstić information content (AvgIpc) is 2.76. The van der Waals surface area contributed by atoms with Gasteiger partial charge in [-0.3, -0.25) is 4.79 Å². The maximum Gasteiger partial charge on any atom is 0.243 e. The number of anilines is 1. The number of carbonyl (C=O) groups excluding carboxylic acids is 1. The average molecular weight is 461 g/mol. The highest BCUT2D eigenvalue weighted by Crippen LogP contribution is 2.30. The van der Waals surface area contributed by atoms with E-state index in [1.54, 1.807) is 6.07 Å². The Morgan fingerprint density at radius 3 is 2.38 bits per heavy atom. The normalized spacial score (nSPS) is 15.0. The molecule has 8 heteroatoms. The van der Waals surface area contributed by atoms with Crippen molar-refractivity contribution in [2.45, 2.75) is 38.5 Å². The predicted octanol–water partition coefficient (Wildman–Crippen LogP) is 3.49. The molecule has 1 amide bonds. The number of amides is 1. The van der Waals surface area contributed by atoms with Crippen LogP contribution in [0, 0.1) is 5.92 Å². The maximum absolute atomic E-state index is 13.0. The van der Waals surface area contributed by atoms with E-state index < -0.39 is 10.0 Å². The van der Waals surface area contributed by atoms with Gasteiger partial charge in [-0.15, -0.1) is 0 Å². The Morgan fingerprint density at radius 1 is 1.09 bits per heavy atom. The largest absolute Gasteiger partial charge is 0.492 e. The summed E-state index contributed by atoms with van der Waals surface area (Å²) in [6.07, 6.45) is 1.18. The molecule has 2 aromatic carbocycles. The Balaban J connectivity index is 1.76. The zero-order valence-corrected chi connectivity index (χ0v) is 19.8. The van der Waals surface area contributed by atoms with Crippen molar-refractivity contribution in [2.75, 3.05) is 38.2 Å². The Morgan fingerprint density at radius 2 is 1.75 bits per heavy atom. The number of hydrogen-bond acceptors (Lipinski definition) is 5. The second-order valence-electron chi connectivity index (χ2n) is 8.25. The number of sulfonamides is 1. The summed E-state index contributed by atoms with van der Waals surface area (Å²) >= 11 is 0. The molecule has 1 saturated heterocycles. The molecular formula is C24H32N2O5S. The van der Waals surface area contributed by atoms with Crippen molar-refractivity contribution in [3.8, 4) is 5.75 Å². The molecular weight excluding hydrogens is 428 g/mol. The van der Waals surface area contributed by atoms with Crippen LogP contribution in [0.1, 0.15) is 31.9 Å². The van der Waals surface area contributed by atoms with Gasteiger partial charge in [-0.25, -0.2) is 8.42 Å². The summed E-state index contributed by atoms with van der Waals surface area (Å²) in [7, 11) is -3.68. The summed E-state index contributed by atoms with van der Waals surface area (Å²) < 4.78 is 38.3. The molecule has 0 aliphatic carbocycles. The van der Waals surface area contributed by atoms with E-state index in [2.05, 4.69) is 19.2 Å². The SMILES string of the molecule is CCOc1ccc(S(=O)(=O)N2CCOCC2)cc1NC(=O)Cc1ccc(CC(C)C)cc1. The van der Waals surface area contributed by atoms with Gasteiger partial charge in [0.1, 0.15) is 5.75 Å². The van der Waals surface area contributed by atoms with Gasteiger partial charge >= 0.3 is 0 Å². The van der Waals surface area contributed by atoms with Crippen molar-refractivity contribution in [3.05, 3.63) is 53.6 Å². The predicted molar refractivity (Wildman–Crippen MR) is 125 cm³/mol. The van der Waals surface area contributed by atoms with Crippen molar-refractivity contribution in [1.82, 2.24) is 4.31 Å². The summed E-state index contributed by atoms with van der Waals surface area (Å²) in [6.45, 7) is 7.94. The molecule has 174 valence electrons. The molecule has 0 spiro atoms. The minimum absolute atomic E-state index is 0.121. The Hall–Kier alpha value is -2.42. The van der Waals surface area contributed by atoms with Crippen LogP contribution in [0.4, 0.5) is 5.69 Å². The van der Waals surface area contributed by atoms with E-state index in [-0.39, 0.29) is 17.2 Å². The lowest BCUT2D eigenvalue weighted by Crippen LogP contribution is -2.40. The second-order valence-corrected chi connectivity index (χ2v) is 10.2. The number of morpholine rings is 1. The molecule has 3 rings (SSSR count). The molecule has 0 radical (unpaired) electrons. The molecule has 1 N–H and O–H groups in total. The Labute approximate surface area is 190 Å². The Kier molecular flexibility index (Phi) is 8.28. The number of nitrogens with zero attached hydrogens (tertiary/aromatic N) is 1. The van der Waals surface area contributed by atoms with Crippen molar-refractivity contribution in [3.63, 3.8) is 0 Å². The lowest BCUT2D eigenvalue weighted by atomic mass is 10.0. The topological polar surface area (TPSA) is 84.9 Å². The van der Waals surface area contributed by atoms with Gasteiger partial charge in [-0.05, 0) is 48.6 Å². The third-order valence-corrected chi connectivity index (χ3v) is 7.06. The molecule has 0 aromatic heterocycles. The second kappa shape index (κ2) is 10.9. The van der Waals surface area contributed by atoms with Gasteiger partial charge in [0.05, 0.1) is 36.8 Å². The highest BCUT2D eigenvalue weighted by Gasteiger charge is 2.27. The quantitative estimate of drug-likeness (QED) is 0.619. The van der Waals surface area contributed by atoms with Crippen LogP contribution in [-0.4, -0.2) is 51.5 Å². The van der Waals surface area contributed by atoms with E-state index >= 15 is 0 Å². The third-order valence-electron chi connectivity index (χ3n) is 5.16. The molecule has 1 heterocycles. The number of carbonyl (C=O) groups is 1. The van der Waals surface area contributed by atoms with Crippen LogP contribution < -0.4 is 10.1 Å². The molecule has 1 aliphatic rings. The highest BCUT2D eigenvalue weighted by molar-refractivity contribution is 7.89. The molecule has 1 aliphatic heterocycles. The first-order chi connectivity index (χ1) is 15.3. The maximum atomic E-state index is 13.0. The summed E-state index contributed by atoms with van der Waals surface area (Å²) in [5.74, 6) is 0.777. The van der Waals surface area contributed by atoms with Gasteiger partial charge in [0.25, 0.3) is 0 Å². The van der Waals surface area contributed by atoms with Gasteiger partial charge in [0.15, 0.2) is 0 Å². The van der Waals surface area contributed by atoms with E-state index in [0.29, 0.717) is 50.3 Å². The van der Waals surface area contributed by atoms with E-state index in [9.17, 15) is 13.2 Å². The fraction of sp³-hybridized carbons (Fsp3) is 0.458. The van der Waals surface area contributed by atoms with E-state index in [0.717, 1.165) is 12.0 Å². The lowest BCUT2D eigenvalue weighted by Gasteiger charge is -2.26. The first-order valence-electron chi connectivity index (χ1n) is 11.0. The molecule has 0 atom stereocenters. The zero-order valence-electron chi connectivity index (χ0n) is 19.0. The number of ether oxygens (including phenoxy) is 2. The standard InChI is InChI=1S/C24H32N2O5S/c1-4-31-23-10-9-21(32(28,29)26-11-13-30-14-12-26)17-22(23)25-24(27)16-20-7-5-19(6-8-20)15-18(2)3/h5-10,17-18H,4,11-16H2,1-3H3,(H,25,27). The minimum Gasteiger partial charge on any atom is -0.492 e. The van der Waals surface area contributed by atoms with Crippen molar-refractivity contribution in [1.29, 1.82) is 0 Å². The number of hydrogen-bond donors (Lipinski definition) is 1. The van der Waals surface area contributed by atoms with Crippen LogP contribution in [0.15, 0.2) is 47.4 Å². The first-order valence-corrected chi connectivity index (χ1v) is 12.5. The summed E-state index contributed by atoms with van der Waals surface area (Å²) in [5, 5.41) is 2.83. The third kappa shape index (κ3) is 6.31. The van der Waals surface area contributed by atoms with Gasteiger partial charge in [-0.1, -0.05) is 38.1 Å². The molecule has 0 bridgehead atoms. The van der Waals surface area contributed by atoms with E-state index in [4.69, 9.17) is 9.47 Å². The fourth-order valence-electron chi connectivity index (χ4n) is 3.63. The summed E-state index contributed by atoms with van der Waals surface area (Å²) in [5.41, 5.74) is 2.48. The highest BCUT2D eigenvalue weighted by atomic mass is 32.2. The van der Waals surface area contributed by atoms with Crippen LogP contribution in [-0.2, 0) is 32.4 Å². The van der Waals surface area contributed by atoms with Crippen LogP contribution in [0.25, 0.3) is 0 Å². The van der Waals surface area contributed by atoms with Gasteiger partial charge < -0.3 is 14.8 Å². The molecule has 2 aromatic rings. The smallest absolute Gasteiger partial charge is 0.243 e. The number of rotatable bonds is 9. The van der Waals surface area contributed by atoms with Crippen molar-refractivity contribution in [2.24, 2.45) is 5.92 Å². The van der Waals surface area contributed by atoms with Crippen LogP contribution in [0.5, 0.6) is 5.75 Å². The molecule has 1 fully saturated rings. The molecule has 0 unspecified atom stereocenters. The fourth-order valence-corrected chi connectivity index (χ4v) is 5.06. The van der Waals surface area contributed by atoms with Crippen LogP contribution >= 0.6 is 0 Å². The zero-order chi connectivity index (χ0) is 23.1. The molecule has 7 nitrogen and oxygen atoms in total. The van der Waals surface area contributed by atoms with Crippen LogP contribution in [0.3, 0.4) is 0 Å². The number of nitrogens with one attached hydrogen (secondary N) is 1. The lowest BCUT2D eigenvalue weighted by molar-refractivity contribution is -0.115. The summed E-state index contributed by atoms with van der Waals surface area (Å²) in [4.78, 5) is 12.8. The van der Waals surface area contributed by atoms with Gasteiger partial charge in [0, 0.05) is 13.1 Å². The van der Waals surface area contributed by atoms with Crippen LogP contribution in [0.2, 0.25) is 0 Å². The number of benzene rings is 2. The van der Waals surface area contributed by atoms with E-state index in [1.807, 2.05) is 31.2 Å². The van der Waals surface area contributed by atoms with Gasteiger partial charge in [-0.2, -0.15) is 4.31 Å². The Bertz CT molecular complexity index is 1010. The van der Waals surface area contributed by atoms with Crippen molar-refractivity contribution < 1.29 is 22.7 Å². The van der Waals surface area contributed by atoms with Crippen molar-refractivity contribution >= 4 is 21.6 Å². The minimum atomic E-state index is -3.68. The molecule has 0 saturated carbocycles.